The molecule has 0 radical (unpaired) electrons. The molecule has 3 unspecified atom stereocenters. The van der Waals surface area contributed by atoms with Crippen molar-refractivity contribution in [2.24, 2.45) is 0 Å². The second-order valence-electron chi connectivity index (χ2n) is 6.73. The topological polar surface area (TPSA) is 44.7 Å². The highest BCUT2D eigenvalue weighted by atomic mass is 32.2. The van der Waals surface area contributed by atoms with E-state index in [2.05, 4.69) is 47.5 Å². The highest BCUT2D eigenvalue weighted by Crippen LogP contribution is 2.14. The Labute approximate surface area is 144 Å². The Balaban J connectivity index is 1.80. The fourth-order valence-corrected chi connectivity index (χ4v) is 3.62. The standard InChI is InChI=1S/C18H30N2O2S/c1-15(19-13-18(2,21)14-23-3)17-12-20(9-10-22-17)11-16-7-5-4-6-8-16/h4-8,15,17,19,21H,9-14H2,1-3H3. The van der Waals surface area contributed by atoms with Gasteiger partial charge in [0.05, 0.1) is 18.3 Å². The van der Waals surface area contributed by atoms with Gasteiger partial charge in [0.1, 0.15) is 0 Å². The van der Waals surface area contributed by atoms with Crippen molar-refractivity contribution in [2.45, 2.75) is 38.1 Å². The molecular formula is C18H30N2O2S. The third-order valence-electron chi connectivity index (χ3n) is 4.24. The molecule has 0 bridgehead atoms. The average Bonchev–Trinajstić information content (AvgIpc) is 2.54. The van der Waals surface area contributed by atoms with Crippen LogP contribution in [0, 0.1) is 0 Å². The molecule has 130 valence electrons. The summed E-state index contributed by atoms with van der Waals surface area (Å²) in [7, 11) is 0. The van der Waals surface area contributed by atoms with Crippen molar-refractivity contribution in [3.63, 3.8) is 0 Å². The van der Waals surface area contributed by atoms with Crippen LogP contribution in [0.1, 0.15) is 19.4 Å². The quantitative estimate of drug-likeness (QED) is 0.759. The van der Waals surface area contributed by atoms with Gasteiger partial charge in [0.25, 0.3) is 0 Å². The molecule has 23 heavy (non-hydrogen) atoms. The number of nitrogens with zero attached hydrogens (tertiary/aromatic N) is 1. The van der Waals surface area contributed by atoms with E-state index >= 15 is 0 Å². The Kier molecular flexibility index (Phi) is 7.37. The normalized spacial score (nSPS) is 23.4. The van der Waals surface area contributed by atoms with Gasteiger partial charge in [-0.05, 0) is 25.7 Å². The molecule has 5 heteroatoms. The number of aliphatic hydroxyl groups is 1. The second kappa shape index (κ2) is 9.04. The van der Waals surface area contributed by atoms with Crippen molar-refractivity contribution in [2.75, 3.05) is 38.2 Å². The Morgan fingerprint density at radius 1 is 1.43 bits per heavy atom. The van der Waals surface area contributed by atoms with Crippen LogP contribution in [0.4, 0.5) is 0 Å². The number of thioether (sulfide) groups is 1. The zero-order valence-corrected chi connectivity index (χ0v) is 15.3. The molecule has 2 rings (SSSR count). The van der Waals surface area contributed by atoms with Gasteiger partial charge in [-0.2, -0.15) is 11.8 Å². The molecule has 1 heterocycles. The number of hydrogen-bond donors (Lipinski definition) is 2. The Morgan fingerprint density at radius 3 is 2.87 bits per heavy atom. The molecule has 1 saturated heterocycles. The van der Waals surface area contributed by atoms with E-state index in [-0.39, 0.29) is 12.1 Å². The van der Waals surface area contributed by atoms with Crippen molar-refractivity contribution in [1.82, 2.24) is 10.2 Å². The molecule has 1 fully saturated rings. The molecular weight excluding hydrogens is 308 g/mol. The average molecular weight is 339 g/mol. The Bertz CT molecular complexity index is 456. The van der Waals surface area contributed by atoms with E-state index in [4.69, 9.17) is 4.74 Å². The molecule has 0 saturated carbocycles. The molecule has 1 aliphatic heterocycles. The fraction of sp³-hybridized carbons (Fsp3) is 0.667. The van der Waals surface area contributed by atoms with E-state index in [9.17, 15) is 5.11 Å². The molecule has 1 aliphatic rings. The number of hydrogen-bond acceptors (Lipinski definition) is 5. The third-order valence-corrected chi connectivity index (χ3v) is 5.16. The van der Waals surface area contributed by atoms with Gasteiger partial charge in [-0.25, -0.2) is 0 Å². The van der Waals surface area contributed by atoms with E-state index in [1.165, 1.54) is 5.56 Å². The van der Waals surface area contributed by atoms with Gasteiger partial charge < -0.3 is 15.2 Å². The monoisotopic (exact) mass is 338 g/mol. The minimum absolute atomic E-state index is 0.164. The number of morpholine rings is 1. The van der Waals surface area contributed by atoms with Crippen LogP contribution >= 0.6 is 11.8 Å². The van der Waals surface area contributed by atoms with Crippen LogP contribution in [0.2, 0.25) is 0 Å². The van der Waals surface area contributed by atoms with E-state index in [1.807, 2.05) is 13.2 Å². The predicted octanol–water partition coefficient (Wildman–Crippen LogP) is 1.98. The summed E-state index contributed by atoms with van der Waals surface area (Å²) in [5, 5.41) is 13.7. The number of rotatable bonds is 8. The minimum Gasteiger partial charge on any atom is -0.388 e. The maximum absolute atomic E-state index is 10.3. The summed E-state index contributed by atoms with van der Waals surface area (Å²) >= 11 is 1.67. The van der Waals surface area contributed by atoms with Crippen molar-refractivity contribution < 1.29 is 9.84 Å². The Morgan fingerprint density at radius 2 is 2.17 bits per heavy atom. The number of nitrogens with one attached hydrogen (secondary N) is 1. The zero-order chi connectivity index (χ0) is 16.7. The summed E-state index contributed by atoms with van der Waals surface area (Å²) in [4.78, 5) is 2.45. The van der Waals surface area contributed by atoms with Gasteiger partial charge in [-0.15, -0.1) is 0 Å². The maximum Gasteiger partial charge on any atom is 0.0852 e. The van der Waals surface area contributed by atoms with Gasteiger partial charge in [-0.3, -0.25) is 4.90 Å². The smallest absolute Gasteiger partial charge is 0.0852 e. The number of ether oxygens (including phenoxy) is 1. The van der Waals surface area contributed by atoms with E-state index < -0.39 is 5.60 Å². The minimum atomic E-state index is -0.675. The lowest BCUT2D eigenvalue weighted by atomic mass is 10.1. The maximum atomic E-state index is 10.3. The molecule has 0 aromatic heterocycles. The molecule has 0 aliphatic carbocycles. The lowest BCUT2D eigenvalue weighted by molar-refractivity contribution is -0.0489. The molecule has 4 nitrogen and oxygen atoms in total. The van der Waals surface area contributed by atoms with Crippen LogP contribution in [0.15, 0.2) is 30.3 Å². The van der Waals surface area contributed by atoms with Crippen molar-refractivity contribution in [1.29, 1.82) is 0 Å². The fourth-order valence-electron chi connectivity index (χ4n) is 2.89. The predicted molar refractivity (Wildman–Crippen MR) is 97.9 cm³/mol. The SMILES string of the molecule is CSCC(C)(O)CNC(C)C1CN(Cc2ccccc2)CCO1. The van der Waals surface area contributed by atoms with Crippen LogP contribution in [0.5, 0.6) is 0 Å². The third kappa shape index (κ3) is 6.43. The van der Waals surface area contributed by atoms with Crippen LogP contribution in [0.25, 0.3) is 0 Å². The van der Waals surface area contributed by atoms with Gasteiger partial charge in [0, 0.05) is 38.0 Å². The first-order valence-electron chi connectivity index (χ1n) is 8.33. The zero-order valence-electron chi connectivity index (χ0n) is 14.5. The summed E-state index contributed by atoms with van der Waals surface area (Å²) in [6.07, 6.45) is 2.18. The lowest BCUT2D eigenvalue weighted by Gasteiger charge is -2.37. The molecule has 1 aromatic rings. The summed E-state index contributed by atoms with van der Waals surface area (Å²) in [6.45, 7) is 8.25. The first-order valence-corrected chi connectivity index (χ1v) is 9.72. The highest BCUT2D eigenvalue weighted by Gasteiger charge is 2.27. The van der Waals surface area contributed by atoms with Crippen LogP contribution in [-0.2, 0) is 11.3 Å². The van der Waals surface area contributed by atoms with Crippen molar-refractivity contribution >= 4 is 11.8 Å². The molecule has 0 amide bonds. The van der Waals surface area contributed by atoms with Crippen molar-refractivity contribution in [3.05, 3.63) is 35.9 Å². The number of benzene rings is 1. The van der Waals surface area contributed by atoms with E-state index in [1.54, 1.807) is 11.8 Å². The summed E-state index contributed by atoms with van der Waals surface area (Å²) in [5.74, 6) is 0.734. The Hall–Kier alpha value is -0.590. The van der Waals surface area contributed by atoms with Crippen LogP contribution in [0.3, 0.4) is 0 Å². The van der Waals surface area contributed by atoms with Gasteiger partial charge in [0.15, 0.2) is 0 Å². The first-order chi connectivity index (χ1) is 11.0. The largest absolute Gasteiger partial charge is 0.388 e. The second-order valence-corrected chi connectivity index (χ2v) is 7.60. The van der Waals surface area contributed by atoms with E-state index in [0.717, 1.165) is 32.0 Å². The molecule has 3 atom stereocenters. The van der Waals surface area contributed by atoms with Gasteiger partial charge in [0.2, 0.25) is 0 Å². The van der Waals surface area contributed by atoms with Gasteiger partial charge >= 0.3 is 0 Å². The van der Waals surface area contributed by atoms with Crippen LogP contribution < -0.4 is 5.32 Å². The highest BCUT2D eigenvalue weighted by molar-refractivity contribution is 7.98. The first kappa shape index (κ1) is 18.7. The molecule has 2 N–H and O–H groups in total. The lowest BCUT2D eigenvalue weighted by Crippen LogP contribution is -2.53. The summed E-state index contributed by atoms with van der Waals surface area (Å²) < 4.78 is 5.94. The molecule has 1 aromatic carbocycles. The molecule has 0 spiro atoms. The van der Waals surface area contributed by atoms with Crippen LogP contribution in [-0.4, -0.2) is 66.0 Å². The summed E-state index contributed by atoms with van der Waals surface area (Å²) in [5.41, 5.74) is 0.670. The van der Waals surface area contributed by atoms with E-state index in [0.29, 0.717) is 6.54 Å². The van der Waals surface area contributed by atoms with Gasteiger partial charge in [-0.1, -0.05) is 30.3 Å². The van der Waals surface area contributed by atoms with Crippen molar-refractivity contribution in [3.8, 4) is 0 Å². The summed E-state index contributed by atoms with van der Waals surface area (Å²) in [6, 6.07) is 10.8.